The molecular formula is C10H12O3. The van der Waals surface area contributed by atoms with Crippen LogP contribution in [0.4, 0.5) is 0 Å². The average molecular weight is 180 g/mol. The highest BCUT2D eigenvalue weighted by Crippen LogP contribution is 2.09. The van der Waals surface area contributed by atoms with Gasteiger partial charge in [-0.15, -0.1) is 0 Å². The topological polar surface area (TPSA) is 50.4 Å². The summed E-state index contributed by atoms with van der Waals surface area (Å²) < 4.78 is 5.03. The Bertz CT molecular complexity index is 285. The predicted molar refractivity (Wildman–Crippen MR) is 49.2 cm³/mol. The van der Waals surface area contributed by atoms with Gasteiger partial charge in [0.2, 0.25) is 0 Å². The molecule has 3 nitrogen and oxygen atoms in total. The van der Waals surface area contributed by atoms with E-state index in [-0.39, 0.29) is 0 Å². The molecule has 0 fully saturated rings. The Morgan fingerprint density at radius 2 is 2.54 bits per heavy atom. The second-order valence-corrected chi connectivity index (χ2v) is 2.73. The van der Waals surface area contributed by atoms with Crippen LogP contribution in [0.1, 0.15) is 19.1 Å². The van der Waals surface area contributed by atoms with Crippen molar-refractivity contribution in [1.29, 1.82) is 0 Å². The highest BCUT2D eigenvalue weighted by atomic mass is 16.4. The van der Waals surface area contributed by atoms with Crippen LogP contribution >= 0.6 is 0 Å². The van der Waals surface area contributed by atoms with Gasteiger partial charge >= 0.3 is 5.97 Å². The number of carboxylic acid groups (broad SMARTS) is 1. The number of hydrogen-bond donors (Lipinski definition) is 1. The van der Waals surface area contributed by atoms with Crippen molar-refractivity contribution < 1.29 is 14.3 Å². The van der Waals surface area contributed by atoms with E-state index in [0.717, 1.165) is 0 Å². The maximum atomic E-state index is 10.6. The number of hydrogen-bond acceptors (Lipinski definition) is 2. The summed E-state index contributed by atoms with van der Waals surface area (Å²) in [6.07, 6.45) is 5.47. The van der Waals surface area contributed by atoms with E-state index in [4.69, 9.17) is 9.52 Å². The normalized spacial score (nSPS) is 13.3. The molecule has 1 N–H and O–H groups in total. The summed E-state index contributed by atoms with van der Waals surface area (Å²) in [4.78, 5) is 10.6. The fraction of sp³-hybridized carbons (Fsp3) is 0.300. The monoisotopic (exact) mass is 180 g/mol. The summed E-state index contributed by atoms with van der Waals surface area (Å²) in [5, 5.41) is 8.72. The molecule has 13 heavy (non-hydrogen) atoms. The summed E-state index contributed by atoms with van der Waals surface area (Å²) in [5.41, 5.74) is 0. The fourth-order valence-corrected chi connectivity index (χ4v) is 0.990. The molecule has 0 bridgehead atoms. The highest BCUT2D eigenvalue weighted by Gasteiger charge is 2.10. The molecule has 0 aliphatic heterocycles. The molecule has 0 aliphatic rings. The quantitative estimate of drug-likeness (QED) is 0.774. The third-order valence-electron chi connectivity index (χ3n) is 1.79. The van der Waals surface area contributed by atoms with Gasteiger partial charge in [0.25, 0.3) is 0 Å². The van der Waals surface area contributed by atoms with E-state index in [1.807, 2.05) is 6.92 Å². The van der Waals surface area contributed by atoms with Gasteiger partial charge in [0.1, 0.15) is 5.76 Å². The van der Waals surface area contributed by atoms with Crippen LogP contribution in [0.15, 0.2) is 28.9 Å². The number of furan rings is 1. The number of rotatable bonds is 4. The lowest BCUT2D eigenvalue weighted by molar-refractivity contribution is -0.140. The lowest BCUT2D eigenvalue weighted by atomic mass is 10.1. The SMILES string of the molecule is CC[C@@H](/C=C/c1ccco1)C(=O)O. The molecule has 0 saturated carbocycles. The van der Waals surface area contributed by atoms with Crippen molar-refractivity contribution in [3.05, 3.63) is 30.2 Å². The minimum atomic E-state index is -0.801. The van der Waals surface area contributed by atoms with Gasteiger partial charge in [-0.05, 0) is 24.6 Å². The number of carbonyl (C=O) groups is 1. The van der Waals surface area contributed by atoms with Crippen molar-refractivity contribution in [2.24, 2.45) is 5.92 Å². The van der Waals surface area contributed by atoms with Gasteiger partial charge in [0.05, 0.1) is 12.2 Å². The zero-order valence-electron chi connectivity index (χ0n) is 7.43. The van der Waals surface area contributed by atoms with Crippen molar-refractivity contribution >= 4 is 12.0 Å². The van der Waals surface area contributed by atoms with E-state index >= 15 is 0 Å². The van der Waals surface area contributed by atoms with Gasteiger partial charge in [0.15, 0.2) is 0 Å². The smallest absolute Gasteiger partial charge is 0.310 e. The van der Waals surface area contributed by atoms with Crippen LogP contribution in [0.2, 0.25) is 0 Å². The summed E-state index contributed by atoms with van der Waals surface area (Å²) in [5.74, 6) is -0.546. The molecule has 0 aliphatic carbocycles. The van der Waals surface area contributed by atoms with E-state index in [1.165, 1.54) is 0 Å². The van der Waals surface area contributed by atoms with Crippen molar-refractivity contribution in [3.8, 4) is 0 Å². The van der Waals surface area contributed by atoms with Crippen molar-refractivity contribution in [2.45, 2.75) is 13.3 Å². The second kappa shape index (κ2) is 4.50. The van der Waals surface area contributed by atoms with Crippen LogP contribution < -0.4 is 0 Å². The molecule has 0 spiro atoms. The molecule has 1 heterocycles. The Morgan fingerprint density at radius 3 is 3.00 bits per heavy atom. The largest absolute Gasteiger partial charge is 0.481 e. The molecule has 1 atom stereocenters. The maximum Gasteiger partial charge on any atom is 0.310 e. The van der Waals surface area contributed by atoms with Crippen molar-refractivity contribution in [1.82, 2.24) is 0 Å². The molecule has 1 aromatic heterocycles. The third kappa shape index (κ3) is 2.78. The first-order valence-corrected chi connectivity index (χ1v) is 4.18. The molecule has 0 unspecified atom stereocenters. The average Bonchev–Trinajstić information content (AvgIpc) is 2.57. The van der Waals surface area contributed by atoms with E-state index < -0.39 is 11.9 Å². The summed E-state index contributed by atoms with van der Waals surface area (Å²) >= 11 is 0. The molecule has 1 aromatic rings. The van der Waals surface area contributed by atoms with Crippen LogP contribution in [-0.2, 0) is 4.79 Å². The fourth-order valence-electron chi connectivity index (χ4n) is 0.990. The van der Waals surface area contributed by atoms with Gasteiger partial charge in [-0.1, -0.05) is 13.0 Å². The molecule has 1 rings (SSSR count). The molecule has 0 saturated heterocycles. The standard InChI is InChI=1S/C10H12O3/c1-2-8(10(11)12)5-6-9-4-3-7-13-9/h3-8H,2H2,1H3,(H,11,12)/b6-5+/t8-/m0/s1. The van der Waals surface area contributed by atoms with Crippen LogP contribution in [0.3, 0.4) is 0 Å². The van der Waals surface area contributed by atoms with Gasteiger partial charge < -0.3 is 9.52 Å². The van der Waals surface area contributed by atoms with Crippen LogP contribution in [0, 0.1) is 5.92 Å². The zero-order chi connectivity index (χ0) is 9.68. The lowest BCUT2D eigenvalue weighted by Gasteiger charge is -2.00. The molecule has 70 valence electrons. The first kappa shape index (κ1) is 9.58. The summed E-state index contributed by atoms with van der Waals surface area (Å²) in [6, 6.07) is 3.55. The molecule has 3 heteroatoms. The molecule has 0 aromatic carbocycles. The van der Waals surface area contributed by atoms with E-state index in [1.54, 1.807) is 30.5 Å². The van der Waals surface area contributed by atoms with E-state index in [2.05, 4.69) is 0 Å². The molecule has 0 amide bonds. The Morgan fingerprint density at radius 1 is 1.77 bits per heavy atom. The maximum absolute atomic E-state index is 10.6. The van der Waals surface area contributed by atoms with Crippen molar-refractivity contribution in [2.75, 3.05) is 0 Å². The lowest BCUT2D eigenvalue weighted by Crippen LogP contribution is -2.08. The van der Waals surface area contributed by atoms with Crippen molar-refractivity contribution in [3.63, 3.8) is 0 Å². The minimum absolute atomic E-state index is 0.426. The van der Waals surface area contributed by atoms with E-state index in [0.29, 0.717) is 12.2 Å². The van der Waals surface area contributed by atoms with E-state index in [9.17, 15) is 4.79 Å². The highest BCUT2D eigenvalue weighted by molar-refractivity contribution is 5.73. The summed E-state index contributed by atoms with van der Waals surface area (Å²) in [7, 11) is 0. The van der Waals surface area contributed by atoms with Crippen LogP contribution in [0.25, 0.3) is 6.08 Å². The molecule has 0 radical (unpaired) electrons. The summed E-state index contributed by atoms with van der Waals surface area (Å²) in [6.45, 7) is 1.84. The van der Waals surface area contributed by atoms with Gasteiger partial charge in [-0.2, -0.15) is 0 Å². The zero-order valence-corrected chi connectivity index (χ0v) is 7.43. The number of aliphatic carboxylic acids is 1. The first-order valence-electron chi connectivity index (χ1n) is 4.18. The van der Waals surface area contributed by atoms with Gasteiger partial charge in [-0.3, -0.25) is 4.79 Å². The predicted octanol–water partition coefficient (Wildman–Crippen LogP) is 2.40. The van der Waals surface area contributed by atoms with Gasteiger partial charge in [0, 0.05) is 0 Å². The third-order valence-corrected chi connectivity index (χ3v) is 1.79. The Labute approximate surface area is 76.7 Å². The van der Waals surface area contributed by atoms with Crippen LogP contribution in [0.5, 0.6) is 0 Å². The minimum Gasteiger partial charge on any atom is -0.481 e. The Balaban J connectivity index is 2.61. The number of carboxylic acids is 1. The second-order valence-electron chi connectivity index (χ2n) is 2.73. The first-order chi connectivity index (χ1) is 6.24. The molecular weight excluding hydrogens is 168 g/mol. The van der Waals surface area contributed by atoms with Crippen LogP contribution in [-0.4, -0.2) is 11.1 Å². The Hall–Kier alpha value is -1.51. The van der Waals surface area contributed by atoms with Gasteiger partial charge in [-0.25, -0.2) is 0 Å². The Kier molecular flexibility index (Phi) is 3.31.